The Bertz CT molecular complexity index is 1050. The van der Waals surface area contributed by atoms with Crippen LogP contribution in [0.15, 0.2) is 47.8 Å². The van der Waals surface area contributed by atoms with E-state index in [0.717, 1.165) is 11.3 Å². The minimum absolute atomic E-state index is 0.173. The van der Waals surface area contributed by atoms with Gasteiger partial charge >= 0.3 is 12.0 Å². The van der Waals surface area contributed by atoms with Gasteiger partial charge < -0.3 is 10.1 Å². The van der Waals surface area contributed by atoms with E-state index < -0.39 is 12.0 Å². The zero-order valence-electron chi connectivity index (χ0n) is 15.1. The molecule has 0 unspecified atom stereocenters. The molecule has 0 aliphatic rings. The lowest BCUT2D eigenvalue weighted by atomic mass is 10.0. The summed E-state index contributed by atoms with van der Waals surface area (Å²) in [5.74, 6) is -0.973. The number of halogens is 3. The van der Waals surface area contributed by atoms with Crippen LogP contribution in [0, 0.1) is 5.82 Å². The van der Waals surface area contributed by atoms with E-state index in [0.29, 0.717) is 31.9 Å². The van der Waals surface area contributed by atoms with E-state index >= 15 is 0 Å². The van der Waals surface area contributed by atoms with Crippen LogP contribution in [0.2, 0.25) is 10.0 Å². The SMILES string of the molecule is CCOC(=O)c1c(-c2ccc(F)cc2)csc1NC(=O)Nc1ccc(Cl)c(Cl)c1. The number of ether oxygens (including phenoxy) is 1. The zero-order valence-corrected chi connectivity index (χ0v) is 17.4. The van der Waals surface area contributed by atoms with Crippen molar-refractivity contribution in [2.75, 3.05) is 17.2 Å². The van der Waals surface area contributed by atoms with E-state index in [2.05, 4.69) is 10.6 Å². The van der Waals surface area contributed by atoms with Crippen LogP contribution in [-0.2, 0) is 4.74 Å². The third-order valence-electron chi connectivity index (χ3n) is 3.83. The molecule has 1 aromatic heterocycles. The predicted octanol–water partition coefficient (Wildman–Crippen LogP) is 6.68. The minimum atomic E-state index is -0.585. The van der Waals surface area contributed by atoms with Crippen molar-refractivity contribution < 1.29 is 18.7 Å². The molecular weight excluding hydrogens is 438 g/mol. The van der Waals surface area contributed by atoms with Gasteiger partial charge in [0.15, 0.2) is 0 Å². The van der Waals surface area contributed by atoms with E-state index in [1.165, 1.54) is 18.2 Å². The number of nitrogens with one attached hydrogen (secondary N) is 2. The molecule has 2 aromatic carbocycles. The number of esters is 1. The van der Waals surface area contributed by atoms with Crippen molar-refractivity contribution in [3.63, 3.8) is 0 Å². The molecular formula is C20H15Cl2FN2O3S. The molecule has 3 rings (SSSR count). The maximum absolute atomic E-state index is 13.2. The van der Waals surface area contributed by atoms with Crippen molar-refractivity contribution in [2.24, 2.45) is 0 Å². The van der Waals surface area contributed by atoms with E-state index in [-0.39, 0.29) is 18.0 Å². The Labute approximate surface area is 180 Å². The molecule has 0 spiro atoms. The summed E-state index contributed by atoms with van der Waals surface area (Å²) < 4.78 is 18.4. The molecule has 0 aliphatic heterocycles. The fourth-order valence-corrected chi connectivity index (χ4v) is 3.79. The van der Waals surface area contributed by atoms with Gasteiger partial charge in [0.1, 0.15) is 16.4 Å². The van der Waals surface area contributed by atoms with Crippen molar-refractivity contribution in [3.05, 3.63) is 69.3 Å². The smallest absolute Gasteiger partial charge is 0.341 e. The maximum atomic E-state index is 13.2. The number of benzene rings is 2. The zero-order chi connectivity index (χ0) is 21.0. The highest BCUT2D eigenvalue weighted by molar-refractivity contribution is 7.15. The summed E-state index contributed by atoms with van der Waals surface area (Å²) in [6.45, 7) is 1.86. The molecule has 0 bridgehead atoms. The van der Waals surface area contributed by atoms with Crippen LogP contribution < -0.4 is 10.6 Å². The molecule has 150 valence electrons. The molecule has 0 fully saturated rings. The topological polar surface area (TPSA) is 67.4 Å². The lowest BCUT2D eigenvalue weighted by molar-refractivity contribution is 0.0529. The Balaban J connectivity index is 1.87. The van der Waals surface area contributed by atoms with Crippen LogP contribution in [-0.4, -0.2) is 18.6 Å². The number of thiophene rings is 1. The number of carbonyl (C=O) groups is 2. The first-order valence-corrected chi connectivity index (χ1v) is 10.1. The van der Waals surface area contributed by atoms with Gasteiger partial charge in [0.05, 0.1) is 16.7 Å². The van der Waals surface area contributed by atoms with Crippen LogP contribution in [0.4, 0.5) is 19.9 Å². The van der Waals surface area contributed by atoms with E-state index in [9.17, 15) is 14.0 Å². The summed E-state index contributed by atoms with van der Waals surface area (Å²) in [5.41, 5.74) is 1.81. The van der Waals surface area contributed by atoms with Gasteiger partial charge in [0.25, 0.3) is 0 Å². The summed E-state index contributed by atoms with van der Waals surface area (Å²) in [6, 6.07) is 9.80. The maximum Gasteiger partial charge on any atom is 0.341 e. The van der Waals surface area contributed by atoms with Crippen LogP contribution in [0.3, 0.4) is 0 Å². The standard InChI is InChI=1S/C20H15Cl2FN2O3S/c1-2-28-19(26)17-14(11-3-5-12(23)6-4-11)10-29-18(17)25-20(27)24-13-7-8-15(21)16(22)9-13/h3-10H,2H2,1H3,(H2,24,25,27). The van der Waals surface area contributed by atoms with Crippen LogP contribution >= 0.6 is 34.5 Å². The molecule has 9 heteroatoms. The van der Waals surface area contributed by atoms with E-state index in [1.54, 1.807) is 36.6 Å². The Morgan fingerprint density at radius 2 is 1.79 bits per heavy atom. The van der Waals surface area contributed by atoms with Crippen LogP contribution in [0.1, 0.15) is 17.3 Å². The van der Waals surface area contributed by atoms with Crippen molar-refractivity contribution in [1.82, 2.24) is 0 Å². The quantitative estimate of drug-likeness (QED) is 0.424. The largest absolute Gasteiger partial charge is 0.462 e. The highest BCUT2D eigenvalue weighted by Crippen LogP contribution is 2.36. The molecule has 0 radical (unpaired) electrons. The van der Waals surface area contributed by atoms with Crippen molar-refractivity contribution in [3.8, 4) is 11.1 Å². The minimum Gasteiger partial charge on any atom is -0.462 e. The fourth-order valence-electron chi connectivity index (χ4n) is 2.54. The average Bonchev–Trinajstić information content (AvgIpc) is 3.09. The average molecular weight is 453 g/mol. The number of anilines is 2. The molecule has 29 heavy (non-hydrogen) atoms. The van der Waals surface area contributed by atoms with Gasteiger partial charge in [-0.15, -0.1) is 11.3 Å². The lowest BCUT2D eigenvalue weighted by Gasteiger charge is -2.10. The number of carbonyl (C=O) groups excluding carboxylic acids is 2. The Kier molecular flexibility index (Phi) is 6.74. The summed E-state index contributed by atoms with van der Waals surface area (Å²) in [7, 11) is 0. The molecule has 1 heterocycles. The monoisotopic (exact) mass is 452 g/mol. The van der Waals surface area contributed by atoms with Crippen LogP contribution in [0.25, 0.3) is 11.1 Å². The van der Waals surface area contributed by atoms with E-state index in [1.807, 2.05) is 0 Å². The Hall–Kier alpha value is -2.61. The van der Waals surface area contributed by atoms with Crippen molar-refractivity contribution >= 4 is 57.2 Å². The van der Waals surface area contributed by atoms with Gasteiger partial charge in [-0.05, 0) is 42.8 Å². The normalized spacial score (nSPS) is 10.5. The second-order valence-electron chi connectivity index (χ2n) is 5.79. The first kappa shape index (κ1) is 21.1. The van der Waals surface area contributed by atoms with Gasteiger partial charge in [-0.25, -0.2) is 14.0 Å². The van der Waals surface area contributed by atoms with Gasteiger partial charge in [0.2, 0.25) is 0 Å². The highest BCUT2D eigenvalue weighted by Gasteiger charge is 2.23. The summed E-state index contributed by atoms with van der Waals surface area (Å²) in [6.07, 6.45) is 0. The number of hydrogen-bond acceptors (Lipinski definition) is 4. The lowest BCUT2D eigenvalue weighted by Crippen LogP contribution is -2.20. The molecule has 2 amide bonds. The molecule has 0 aliphatic carbocycles. The first-order valence-electron chi connectivity index (χ1n) is 8.46. The molecule has 5 nitrogen and oxygen atoms in total. The Morgan fingerprint density at radius 1 is 1.07 bits per heavy atom. The van der Waals surface area contributed by atoms with Gasteiger partial charge in [-0.3, -0.25) is 5.32 Å². The van der Waals surface area contributed by atoms with Gasteiger partial charge in [0, 0.05) is 16.6 Å². The molecule has 0 saturated heterocycles. The third kappa shape index (κ3) is 5.06. The van der Waals surface area contributed by atoms with Crippen molar-refractivity contribution in [1.29, 1.82) is 0 Å². The number of amides is 2. The fraction of sp³-hybridized carbons (Fsp3) is 0.100. The van der Waals surface area contributed by atoms with E-state index in [4.69, 9.17) is 27.9 Å². The van der Waals surface area contributed by atoms with Gasteiger partial charge in [-0.1, -0.05) is 35.3 Å². The van der Waals surface area contributed by atoms with Crippen molar-refractivity contribution in [2.45, 2.75) is 6.92 Å². The summed E-state index contributed by atoms with van der Waals surface area (Å²) in [5, 5.41) is 7.95. The summed E-state index contributed by atoms with van der Waals surface area (Å²) >= 11 is 13.0. The Morgan fingerprint density at radius 3 is 2.45 bits per heavy atom. The van der Waals surface area contributed by atoms with Gasteiger partial charge in [-0.2, -0.15) is 0 Å². The molecule has 2 N–H and O–H groups in total. The third-order valence-corrected chi connectivity index (χ3v) is 5.46. The first-order chi connectivity index (χ1) is 13.9. The second-order valence-corrected chi connectivity index (χ2v) is 7.48. The number of rotatable bonds is 5. The highest BCUT2D eigenvalue weighted by atomic mass is 35.5. The second kappa shape index (κ2) is 9.26. The number of hydrogen-bond donors (Lipinski definition) is 2. The predicted molar refractivity (Wildman–Crippen MR) is 115 cm³/mol. The molecule has 0 atom stereocenters. The molecule has 3 aromatic rings. The number of urea groups is 1. The molecule has 0 saturated carbocycles. The summed E-state index contributed by atoms with van der Waals surface area (Å²) in [4.78, 5) is 24.9. The van der Waals surface area contributed by atoms with Crippen LogP contribution in [0.5, 0.6) is 0 Å².